The molecule has 0 aliphatic rings. The molecule has 4 N–H and O–H groups in total. The summed E-state index contributed by atoms with van der Waals surface area (Å²) in [5, 5.41) is 2.57. The molecule has 33 heavy (non-hydrogen) atoms. The number of benzene rings is 1. The van der Waals surface area contributed by atoms with Gasteiger partial charge in [0.1, 0.15) is 6.79 Å². The Morgan fingerprint density at radius 1 is 1.12 bits per heavy atom. The second kappa shape index (κ2) is 14.1. The fourth-order valence-corrected chi connectivity index (χ4v) is 3.60. The van der Waals surface area contributed by atoms with Gasteiger partial charge >= 0.3 is 6.18 Å². The normalized spacial score (nSPS) is 11.1. The Morgan fingerprint density at radius 2 is 1.79 bits per heavy atom. The van der Waals surface area contributed by atoms with Crippen molar-refractivity contribution in [3.63, 3.8) is 0 Å². The fourth-order valence-electron chi connectivity index (χ4n) is 2.68. The van der Waals surface area contributed by atoms with E-state index in [1.807, 2.05) is 38.0 Å². The van der Waals surface area contributed by atoms with Crippen LogP contribution in [-0.4, -0.2) is 28.8 Å². The van der Waals surface area contributed by atoms with Crippen LogP contribution >= 0.6 is 11.3 Å². The highest BCUT2D eigenvalue weighted by atomic mass is 32.1. The van der Waals surface area contributed by atoms with Crippen LogP contribution in [0.1, 0.15) is 33.6 Å². The molecule has 1 aromatic carbocycles. The number of nitrogens with two attached hydrogens (primary N) is 2. The molecular weight excluding hydrogens is 451 g/mol. The van der Waals surface area contributed by atoms with Crippen LogP contribution in [0.5, 0.6) is 0 Å². The third-order valence-corrected chi connectivity index (χ3v) is 5.36. The highest BCUT2D eigenvalue weighted by Gasteiger charge is 2.29. The molecule has 0 fully saturated rings. The van der Waals surface area contributed by atoms with Crippen LogP contribution in [0.4, 0.5) is 13.2 Å². The number of hydrogen-bond donors (Lipinski definition) is 2. The zero-order valence-electron chi connectivity index (χ0n) is 18.5. The lowest BCUT2D eigenvalue weighted by Gasteiger charge is -2.18. The van der Waals surface area contributed by atoms with Gasteiger partial charge in [0.25, 0.3) is 0 Å². The molecule has 0 saturated carbocycles. The summed E-state index contributed by atoms with van der Waals surface area (Å²) in [5.41, 5.74) is 6.48. The van der Waals surface area contributed by atoms with Crippen LogP contribution in [0, 0.1) is 0 Å². The van der Waals surface area contributed by atoms with E-state index in [1.54, 1.807) is 28.7 Å². The molecule has 3 rings (SSSR count). The Labute approximate surface area is 195 Å². The van der Waals surface area contributed by atoms with Crippen LogP contribution < -0.4 is 11.6 Å². The zero-order valence-corrected chi connectivity index (χ0v) is 19.4. The summed E-state index contributed by atoms with van der Waals surface area (Å²) in [6, 6.07) is 10.9. The minimum Gasteiger partial charge on any atom is -0.333 e. The maximum absolute atomic E-state index is 12.6. The number of allylic oxidation sites excluding steroid dienone is 2. The average Bonchev–Trinajstić information content (AvgIpc) is 3.27. The molecule has 10 heteroatoms. The van der Waals surface area contributed by atoms with E-state index in [2.05, 4.69) is 15.7 Å². The second-order valence-corrected chi connectivity index (χ2v) is 7.79. The van der Waals surface area contributed by atoms with Gasteiger partial charge in [-0.25, -0.2) is 10.8 Å². The summed E-state index contributed by atoms with van der Waals surface area (Å²) in [7, 11) is 1.50. The molecule has 0 spiro atoms. The van der Waals surface area contributed by atoms with Gasteiger partial charge < -0.3 is 15.5 Å². The van der Waals surface area contributed by atoms with Gasteiger partial charge in [-0.1, -0.05) is 24.3 Å². The van der Waals surface area contributed by atoms with E-state index in [0.29, 0.717) is 19.4 Å². The van der Waals surface area contributed by atoms with Crippen molar-refractivity contribution in [2.75, 3.05) is 7.05 Å². The third kappa shape index (κ3) is 9.52. The van der Waals surface area contributed by atoms with Gasteiger partial charge in [-0.2, -0.15) is 13.2 Å². The standard InChI is InChI=1S/C21H21F3N4S.CH5N.CH2O/c1-15(28(25)14-18-4-2-3-11-26-18)5-10-20-27-13-19(29-20)12-16-6-8-17(9-7-16)21(22,23)24;2*1-2/h2-9,11,13H,10,12,14,25H2,1H3;2H2,1H3;1H2/b15-5-;;. The molecular formula is C23H28F3N5OS. The quantitative estimate of drug-likeness (QED) is 0.386. The maximum Gasteiger partial charge on any atom is 0.416 e. The van der Waals surface area contributed by atoms with Crippen molar-refractivity contribution in [2.24, 2.45) is 11.6 Å². The van der Waals surface area contributed by atoms with Crippen molar-refractivity contribution >= 4 is 18.1 Å². The van der Waals surface area contributed by atoms with Gasteiger partial charge in [-0.3, -0.25) is 4.98 Å². The van der Waals surface area contributed by atoms with Gasteiger partial charge in [-0.15, -0.1) is 11.3 Å². The minimum absolute atomic E-state index is 0.514. The predicted octanol–water partition coefficient (Wildman–Crippen LogP) is 4.36. The average molecular weight is 480 g/mol. The minimum atomic E-state index is -4.31. The Balaban J connectivity index is 0.00000129. The van der Waals surface area contributed by atoms with E-state index in [0.717, 1.165) is 39.0 Å². The summed E-state index contributed by atoms with van der Waals surface area (Å²) >= 11 is 1.55. The number of nitrogens with zero attached hydrogens (tertiary/aromatic N) is 3. The number of thiazole rings is 1. The zero-order chi connectivity index (χ0) is 24.9. The molecule has 0 radical (unpaired) electrons. The molecule has 0 aliphatic carbocycles. The SMILES string of the molecule is C/C(=C/Cc1ncc(Cc2ccc(C(F)(F)F)cc2)s1)N(N)Cc1ccccn1.C=O.CN. The van der Waals surface area contributed by atoms with E-state index >= 15 is 0 Å². The van der Waals surface area contributed by atoms with Crippen molar-refractivity contribution in [1.82, 2.24) is 15.0 Å². The topological polar surface area (TPSA) is 98.1 Å². The van der Waals surface area contributed by atoms with Crippen molar-refractivity contribution in [3.05, 3.63) is 93.3 Å². The Kier molecular flexibility index (Phi) is 12.0. The number of alkyl halides is 3. The summed E-state index contributed by atoms with van der Waals surface area (Å²) in [6.45, 7) is 4.44. The summed E-state index contributed by atoms with van der Waals surface area (Å²) < 4.78 is 37.9. The van der Waals surface area contributed by atoms with E-state index in [4.69, 9.17) is 10.6 Å². The molecule has 0 amide bonds. The van der Waals surface area contributed by atoms with Gasteiger partial charge in [0.2, 0.25) is 0 Å². The molecule has 3 aromatic rings. The maximum atomic E-state index is 12.6. The lowest BCUT2D eigenvalue weighted by atomic mass is 10.1. The van der Waals surface area contributed by atoms with Crippen LogP contribution in [-0.2, 0) is 30.4 Å². The summed E-state index contributed by atoms with van der Waals surface area (Å²) in [6.07, 6.45) is 2.39. The van der Waals surface area contributed by atoms with Crippen molar-refractivity contribution in [1.29, 1.82) is 0 Å². The van der Waals surface area contributed by atoms with Gasteiger partial charge in [0.05, 0.1) is 22.8 Å². The van der Waals surface area contributed by atoms with Crippen molar-refractivity contribution < 1.29 is 18.0 Å². The number of hydrazine groups is 1. The smallest absolute Gasteiger partial charge is 0.333 e. The highest BCUT2D eigenvalue weighted by Crippen LogP contribution is 2.29. The van der Waals surface area contributed by atoms with Crippen LogP contribution in [0.3, 0.4) is 0 Å². The number of aromatic nitrogens is 2. The molecule has 2 aromatic heterocycles. The Morgan fingerprint density at radius 3 is 2.36 bits per heavy atom. The van der Waals surface area contributed by atoms with E-state index < -0.39 is 11.7 Å². The first-order chi connectivity index (χ1) is 15.8. The predicted molar refractivity (Wildman–Crippen MR) is 125 cm³/mol. The summed E-state index contributed by atoms with van der Waals surface area (Å²) in [4.78, 5) is 17.7. The Hall–Kier alpha value is -3.08. The molecule has 0 saturated heterocycles. The molecule has 0 bridgehead atoms. The first-order valence-corrected chi connectivity index (χ1v) is 10.7. The molecule has 178 valence electrons. The monoisotopic (exact) mass is 479 g/mol. The third-order valence-electron chi connectivity index (χ3n) is 4.34. The highest BCUT2D eigenvalue weighted by molar-refractivity contribution is 7.11. The van der Waals surface area contributed by atoms with Gasteiger partial charge in [0.15, 0.2) is 0 Å². The van der Waals surface area contributed by atoms with E-state index in [1.165, 1.54) is 19.2 Å². The number of carbonyl (C=O) groups excluding carboxylic acids is 1. The molecule has 2 heterocycles. The molecule has 0 atom stereocenters. The van der Waals surface area contributed by atoms with Crippen molar-refractivity contribution in [3.8, 4) is 0 Å². The molecule has 0 aliphatic heterocycles. The number of carbonyl (C=O) groups is 1. The van der Waals surface area contributed by atoms with Crippen LogP contribution in [0.15, 0.2) is 66.6 Å². The van der Waals surface area contributed by atoms with Crippen LogP contribution in [0.25, 0.3) is 0 Å². The summed E-state index contributed by atoms with van der Waals surface area (Å²) in [5.74, 6) is 6.09. The largest absolute Gasteiger partial charge is 0.416 e. The van der Waals surface area contributed by atoms with Gasteiger partial charge in [-0.05, 0) is 43.8 Å². The first kappa shape index (κ1) is 28.0. The first-order valence-electron chi connectivity index (χ1n) is 9.86. The lowest BCUT2D eigenvalue weighted by Crippen LogP contribution is -2.28. The number of hydrogen-bond acceptors (Lipinski definition) is 7. The van der Waals surface area contributed by atoms with Crippen molar-refractivity contribution in [2.45, 2.75) is 32.5 Å². The number of rotatable bonds is 7. The number of halogens is 3. The van der Waals surface area contributed by atoms with Crippen LogP contribution in [0.2, 0.25) is 0 Å². The van der Waals surface area contributed by atoms with E-state index in [9.17, 15) is 13.2 Å². The van der Waals surface area contributed by atoms with E-state index in [-0.39, 0.29) is 0 Å². The lowest BCUT2D eigenvalue weighted by molar-refractivity contribution is -0.137. The Bertz CT molecular complexity index is 976. The van der Waals surface area contributed by atoms with Gasteiger partial charge in [0, 0.05) is 35.8 Å². The number of pyridine rings is 1. The molecule has 0 unspecified atom stereocenters. The fraction of sp³-hybridized carbons (Fsp3) is 0.261. The second-order valence-electron chi connectivity index (χ2n) is 6.59. The molecule has 6 nitrogen and oxygen atoms in total.